The SMILES string of the molecule is O=C(NOCC1CC1)c1ccc(F)c(F)c1Nc1ccc(Br)cn1. The van der Waals surface area contributed by atoms with Crippen LogP contribution in [0.1, 0.15) is 23.2 Å². The second kappa shape index (κ2) is 7.23. The number of hydroxylamine groups is 1. The highest BCUT2D eigenvalue weighted by atomic mass is 79.9. The van der Waals surface area contributed by atoms with Gasteiger partial charge in [-0.15, -0.1) is 0 Å². The van der Waals surface area contributed by atoms with Crippen molar-refractivity contribution >= 4 is 33.3 Å². The van der Waals surface area contributed by atoms with Crippen LogP contribution in [0, 0.1) is 17.6 Å². The summed E-state index contributed by atoms with van der Waals surface area (Å²) in [5.41, 5.74) is 1.89. The molecule has 0 bridgehead atoms. The molecule has 126 valence electrons. The molecule has 0 saturated heterocycles. The molecular weight excluding hydrogens is 384 g/mol. The standard InChI is InChI=1S/C16H14BrF2N3O2/c17-10-3-6-13(20-7-10)21-15-11(4-5-12(18)14(15)19)16(23)22-24-8-9-1-2-9/h3-7,9H,1-2,8H2,(H,20,21)(H,22,23). The third kappa shape index (κ3) is 4.07. The molecule has 0 unspecified atom stereocenters. The number of anilines is 2. The van der Waals surface area contributed by atoms with E-state index in [1.165, 1.54) is 12.3 Å². The minimum atomic E-state index is -1.16. The normalized spacial score (nSPS) is 13.6. The third-order valence-corrected chi connectivity index (χ3v) is 3.97. The maximum Gasteiger partial charge on any atom is 0.277 e. The molecule has 0 atom stereocenters. The van der Waals surface area contributed by atoms with Crippen molar-refractivity contribution in [3.05, 3.63) is 52.1 Å². The number of nitrogens with zero attached hydrogens (tertiary/aromatic N) is 1. The largest absolute Gasteiger partial charge is 0.337 e. The Labute approximate surface area is 145 Å². The Balaban J connectivity index is 1.80. The van der Waals surface area contributed by atoms with Crippen LogP contribution in [0.5, 0.6) is 0 Å². The second-order valence-electron chi connectivity index (χ2n) is 5.46. The van der Waals surface area contributed by atoms with Crippen LogP contribution >= 0.6 is 15.9 Å². The van der Waals surface area contributed by atoms with E-state index in [9.17, 15) is 13.6 Å². The van der Waals surface area contributed by atoms with Crippen LogP contribution in [-0.4, -0.2) is 17.5 Å². The smallest absolute Gasteiger partial charge is 0.277 e. The zero-order valence-electron chi connectivity index (χ0n) is 12.5. The molecule has 1 aliphatic carbocycles. The molecule has 1 aromatic heterocycles. The molecule has 1 fully saturated rings. The summed E-state index contributed by atoms with van der Waals surface area (Å²) in [5, 5.41) is 2.64. The number of rotatable bonds is 6. The van der Waals surface area contributed by atoms with Crippen molar-refractivity contribution in [3.8, 4) is 0 Å². The number of amides is 1. The van der Waals surface area contributed by atoms with E-state index in [1.54, 1.807) is 12.1 Å². The molecule has 1 saturated carbocycles. The number of halogens is 3. The number of hydrogen-bond donors (Lipinski definition) is 2. The highest BCUT2D eigenvalue weighted by Crippen LogP contribution is 2.29. The number of nitrogens with one attached hydrogen (secondary N) is 2. The maximum absolute atomic E-state index is 14.2. The van der Waals surface area contributed by atoms with E-state index in [0.29, 0.717) is 12.5 Å². The van der Waals surface area contributed by atoms with Crippen LogP contribution in [0.3, 0.4) is 0 Å². The zero-order chi connectivity index (χ0) is 17.1. The quantitative estimate of drug-likeness (QED) is 0.724. The van der Waals surface area contributed by atoms with Crippen LogP contribution in [-0.2, 0) is 4.84 Å². The van der Waals surface area contributed by atoms with E-state index in [2.05, 4.69) is 31.7 Å². The zero-order valence-corrected chi connectivity index (χ0v) is 14.1. The van der Waals surface area contributed by atoms with Gasteiger partial charge in [-0.2, -0.15) is 0 Å². The van der Waals surface area contributed by atoms with Crippen LogP contribution in [0.25, 0.3) is 0 Å². The van der Waals surface area contributed by atoms with Crippen molar-refractivity contribution in [3.63, 3.8) is 0 Å². The van der Waals surface area contributed by atoms with Gasteiger partial charge >= 0.3 is 0 Å². The summed E-state index contributed by atoms with van der Waals surface area (Å²) in [7, 11) is 0. The Hall–Kier alpha value is -2.06. The Kier molecular flexibility index (Phi) is 5.06. The number of hydrogen-bond acceptors (Lipinski definition) is 4. The fourth-order valence-corrected chi connectivity index (χ4v) is 2.24. The molecule has 1 heterocycles. The van der Waals surface area contributed by atoms with Crippen LogP contribution in [0.4, 0.5) is 20.3 Å². The van der Waals surface area contributed by atoms with E-state index in [4.69, 9.17) is 4.84 Å². The molecule has 0 aliphatic heterocycles. The summed E-state index contributed by atoms with van der Waals surface area (Å²) < 4.78 is 28.4. The van der Waals surface area contributed by atoms with E-state index in [-0.39, 0.29) is 17.1 Å². The summed E-state index contributed by atoms with van der Waals surface area (Å²) in [4.78, 5) is 21.3. The fraction of sp³-hybridized carbons (Fsp3) is 0.250. The van der Waals surface area contributed by atoms with E-state index < -0.39 is 17.5 Å². The molecule has 0 spiro atoms. The molecule has 2 aromatic rings. The van der Waals surface area contributed by atoms with Crippen LogP contribution in [0.15, 0.2) is 34.9 Å². The lowest BCUT2D eigenvalue weighted by atomic mass is 10.1. The van der Waals surface area contributed by atoms with Gasteiger partial charge in [-0.05, 0) is 59.0 Å². The predicted octanol–water partition coefficient (Wildman–Crippen LogP) is 3.94. The molecule has 3 rings (SSSR count). The van der Waals surface area contributed by atoms with Crippen molar-refractivity contribution in [1.82, 2.24) is 10.5 Å². The van der Waals surface area contributed by atoms with E-state index in [0.717, 1.165) is 23.4 Å². The summed E-state index contributed by atoms with van der Waals surface area (Å²) in [6.07, 6.45) is 3.64. The molecule has 5 nitrogen and oxygen atoms in total. The fourth-order valence-electron chi connectivity index (χ4n) is 2.00. The lowest BCUT2D eigenvalue weighted by Gasteiger charge is -2.13. The summed E-state index contributed by atoms with van der Waals surface area (Å²) >= 11 is 3.23. The van der Waals surface area contributed by atoms with Crippen molar-refractivity contribution in [2.45, 2.75) is 12.8 Å². The van der Waals surface area contributed by atoms with Crippen molar-refractivity contribution in [2.24, 2.45) is 5.92 Å². The monoisotopic (exact) mass is 397 g/mol. The summed E-state index contributed by atoms with van der Waals surface area (Å²) in [6.45, 7) is 0.409. The Morgan fingerprint density at radius 2 is 2.08 bits per heavy atom. The number of aromatic nitrogens is 1. The van der Waals surface area contributed by atoms with Crippen molar-refractivity contribution in [2.75, 3.05) is 11.9 Å². The molecule has 1 aliphatic rings. The molecule has 24 heavy (non-hydrogen) atoms. The van der Waals surface area contributed by atoms with Gasteiger partial charge in [-0.1, -0.05) is 0 Å². The first-order valence-electron chi connectivity index (χ1n) is 7.33. The minimum absolute atomic E-state index is 0.0746. The average Bonchev–Trinajstić information content (AvgIpc) is 3.38. The minimum Gasteiger partial charge on any atom is -0.337 e. The molecular formula is C16H14BrF2N3O2. The average molecular weight is 398 g/mol. The van der Waals surface area contributed by atoms with Gasteiger partial charge in [0.2, 0.25) is 0 Å². The lowest BCUT2D eigenvalue weighted by molar-refractivity contribution is 0.0270. The van der Waals surface area contributed by atoms with Gasteiger partial charge in [0.15, 0.2) is 11.6 Å². The second-order valence-corrected chi connectivity index (χ2v) is 6.37. The van der Waals surface area contributed by atoms with Gasteiger partial charge in [-0.3, -0.25) is 9.63 Å². The number of carbonyl (C=O) groups excluding carboxylic acids is 1. The summed E-state index contributed by atoms with van der Waals surface area (Å²) in [6, 6.07) is 5.34. The topological polar surface area (TPSA) is 63.2 Å². The Bertz CT molecular complexity index is 752. The highest BCUT2D eigenvalue weighted by Gasteiger charge is 2.23. The highest BCUT2D eigenvalue weighted by molar-refractivity contribution is 9.10. The number of benzene rings is 1. The predicted molar refractivity (Wildman–Crippen MR) is 87.7 cm³/mol. The van der Waals surface area contributed by atoms with Crippen molar-refractivity contribution in [1.29, 1.82) is 0 Å². The van der Waals surface area contributed by atoms with Gasteiger partial charge in [0.05, 0.1) is 17.9 Å². The van der Waals surface area contributed by atoms with Gasteiger partial charge in [0, 0.05) is 10.7 Å². The first-order chi connectivity index (χ1) is 11.5. The third-order valence-electron chi connectivity index (χ3n) is 3.50. The lowest BCUT2D eigenvalue weighted by Crippen LogP contribution is -2.26. The number of carbonyl (C=O) groups is 1. The van der Waals surface area contributed by atoms with Crippen molar-refractivity contribution < 1.29 is 18.4 Å². The van der Waals surface area contributed by atoms with Crippen LogP contribution < -0.4 is 10.8 Å². The Morgan fingerprint density at radius 1 is 1.29 bits per heavy atom. The molecule has 8 heteroatoms. The van der Waals surface area contributed by atoms with E-state index in [1.807, 2.05) is 0 Å². The molecule has 1 aromatic carbocycles. The van der Waals surface area contributed by atoms with Gasteiger partial charge in [-0.25, -0.2) is 19.2 Å². The first-order valence-corrected chi connectivity index (χ1v) is 8.12. The summed E-state index contributed by atoms with van der Waals surface area (Å²) in [5.74, 6) is -2.15. The maximum atomic E-state index is 14.2. The van der Waals surface area contributed by atoms with Gasteiger partial charge in [0.25, 0.3) is 5.91 Å². The first kappa shape index (κ1) is 16.8. The Morgan fingerprint density at radius 3 is 2.75 bits per heavy atom. The molecule has 2 N–H and O–H groups in total. The van der Waals surface area contributed by atoms with Gasteiger partial charge in [0.1, 0.15) is 5.82 Å². The number of pyridine rings is 1. The molecule has 1 amide bonds. The van der Waals surface area contributed by atoms with E-state index >= 15 is 0 Å². The van der Waals surface area contributed by atoms with Gasteiger partial charge < -0.3 is 5.32 Å². The molecule has 0 radical (unpaired) electrons. The van der Waals surface area contributed by atoms with Crippen LogP contribution in [0.2, 0.25) is 0 Å².